The molecule has 0 heterocycles. The Bertz CT molecular complexity index is 512. The Morgan fingerprint density at radius 1 is 1.09 bits per heavy atom. The molecule has 2 amide bonds. The summed E-state index contributed by atoms with van der Waals surface area (Å²) in [6.07, 6.45) is 0.0561. The second-order valence-corrected chi connectivity index (χ2v) is 4.82. The highest BCUT2D eigenvalue weighted by Gasteiger charge is 2.22. The number of nitrogens with zero attached hydrogens (tertiary/aromatic N) is 1. The van der Waals surface area contributed by atoms with E-state index in [1.54, 1.807) is 35.2 Å². The summed E-state index contributed by atoms with van der Waals surface area (Å²) in [6.45, 7) is 4.94. The Labute approximate surface area is 130 Å². The van der Waals surface area contributed by atoms with Crippen LogP contribution in [0.4, 0.5) is 0 Å². The smallest absolute Gasteiger partial charge is 0.330 e. The molecule has 0 bridgehead atoms. The van der Waals surface area contributed by atoms with Gasteiger partial charge in [0.05, 0.1) is 0 Å². The van der Waals surface area contributed by atoms with Crippen molar-refractivity contribution in [3.05, 3.63) is 35.9 Å². The first-order chi connectivity index (χ1) is 10.5. The minimum absolute atomic E-state index is 0.0219. The number of carboxylic acid groups (broad SMARTS) is 1. The quantitative estimate of drug-likeness (QED) is 0.763. The molecule has 6 nitrogen and oxygen atoms in total. The number of hydrogen-bond acceptors (Lipinski definition) is 3. The molecule has 6 heteroatoms. The highest BCUT2D eigenvalue weighted by molar-refractivity contribution is 5.87. The summed E-state index contributed by atoms with van der Waals surface area (Å²) >= 11 is 0. The molecule has 0 aliphatic heterocycles. The van der Waals surface area contributed by atoms with E-state index in [0.717, 1.165) is 0 Å². The summed E-state index contributed by atoms with van der Waals surface area (Å²) in [7, 11) is 0. The van der Waals surface area contributed by atoms with Crippen molar-refractivity contribution in [3.63, 3.8) is 0 Å². The van der Waals surface area contributed by atoms with Crippen LogP contribution in [0.25, 0.3) is 0 Å². The van der Waals surface area contributed by atoms with E-state index < -0.39 is 17.9 Å². The molecule has 0 saturated heterocycles. The molecule has 1 rings (SSSR count). The fourth-order valence-electron chi connectivity index (χ4n) is 2.12. The summed E-state index contributed by atoms with van der Waals surface area (Å²) in [5.41, 5.74) is 0.499. The van der Waals surface area contributed by atoms with Gasteiger partial charge < -0.3 is 15.3 Å². The maximum absolute atomic E-state index is 11.9. The third-order valence-corrected chi connectivity index (χ3v) is 3.37. The zero-order chi connectivity index (χ0) is 16.5. The lowest BCUT2D eigenvalue weighted by Crippen LogP contribution is -2.35. The summed E-state index contributed by atoms with van der Waals surface area (Å²) in [6, 6.07) is 7.37. The molecule has 1 atom stereocenters. The van der Waals surface area contributed by atoms with Crippen molar-refractivity contribution in [2.24, 2.45) is 0 Å². The van der Waals surface area contributed by atoms with E-state index in [4.69, 9.17) is 0 Å². The average molecular weight is 306 g/mol. The van der Waals surface area contributed by atoms with Crippen LogP contribution in [0.1, 0.15) is 38.3 Å². The van der Waals surface area contributed by atoms with Crippen LogP contribution in [0, 0.1) is 0 Å². The molecular weight excluding hydrogens is 284 g/mol. The van der Waals surface area contributed by atoms with Crippen LogP contribution in [0.2, 0.25) is 0 Å². The molecule has 1 aromatic rings. The summed E-state index contributed by atoms with van der Waals surface area (Å²) in [5, 5.41) is 11.7. The standard InChI is InChI=1S/C16H22N2O4/c1-3-18(4-2)14(20)11-10-13(19)17-15(16(21)22)12-8-6-5-7-9-12/h5-9,15H,3-4,10-11H2,1-2H3,(H,17,19)(H,21,22)/t15-/m0/s1. The van der Waals surface area contributed by atoms with E-state index in [9.17, 15) is 19.5 Å². The third kappa shape index (κ3) is 5.20. The normalized spacial score (nSPS) is 11.5. The predicted octanol–water partition coefficient (Wildman–Crippen LogP) is 1.58. The van der Waals surface area contributed by atoms with Crippen molar-refractivity contribution in [2.75, 3.05) is 13.1 Å². The van der Waals surface area contributed by atoms with Gasteiger partial charge in [0.2, 0.25) is 11.8 Å². The number of carbonyl (C=O) groups is 3. The Morgan fingerprint density at radius 3 is 2.18 bits per heavy atom. The van der Waals surface area contributed by atoms with E-state index in [1.807, 2.05) is 13.8 Å². The number of amides is 2. The zero-order valence-electron chi connectivity index (χ0n) is 12.9. The summed E-state index contributed by atoms with van der Waals surface area (Å²) in [4.78, 5) is 36.6. The van der Waals surface area contributed by atoms with Crippen molar-refractivity contribution in [1.82, 2.24) is 10.2 Å². The lowest BCUT2D eigenvalue weighted by molar-refractivity contribution is -0.142. The van der Waals surface area contributed by atoms with E-state index in [2.05, 4.69) is 5.32 Å². The molecule has 0 aliphatic carbocycles. The molecular formula is C16H22N2O4. The van der Waals surface area contributed by atoms with Gasteiger partial charge in [-0.05, 0) is 19.4 Å². The lowest BCUT2D eigenvalue weighted by atomic mass is 10.1. The van der Waals surface area contributed by atoms with Gasteiger partial charge in [-0.2, -0.15) is 0 Å². The lowest BCUT2D eigenvalue weighted by Gasteiger charge is -2.19. The molecule has 0 spiro atoms. The first-order valence-corrected chi connectivity index (χ1v) is 7.34. The molecule has 120 valence electrons. The third-order valence-electron chi connectivity index (χ3n) is 3.37. The number of aliphatic carboxylic acids is 1. The number of hydrogen-bond donors (Lipinski definition) is 2. The number of benzene rings is 1. The fourth-order valence-corrected chi connectivity index (χ4v) is 2.12. The molecule has 22 heavy (non-hydrogen) atoms. The van der Waals surface area contributed by atoms with Crippen LogP contribution in [0.15, 0.2) is 30.3 Å². The monoisotopic (exact) mass is 306 g/mol. The van der Waals surface area contributed by atoms with Gasteiger partial charge in [0, 0.05) is 25.9 Å². The first-order valence-electron chi connectivity index (χ1n) is 7.34. The van der Waals surface area contributed by atoms with Gasteiger partial charge in [-0.25, -0.2) is 4.79 Å². The molecule has 0 saturated carbocycles. The van der Waals surface area contributed by atoms with E-state index >= 15 is 0 Å². The van der Waals surface area contributed by atoms with Gasteiger partial charge in [-0.3, -0.25) is 9.59 Å². The van der Waals surface area contributed by atoms with Gasteiger partial charge in [0.15, 0.2) is 6.04 Å². The molecule has 1 aromatic carbocycles. The summed E-state index contributed by atoms with van der Waals surface area (Å²) < 4.78 is 0. The Kier molecular flexibility index (Phi) is 7.08. The number of carbonyl (C=O) groups excluding carboxylic acids is 2. The van der Waals surface area contributed by atoms with Crippen LogP contribution < -0.4 is 5.32 Å². The van der Waals surface area contributed by atoms with Gasteiger partial charge in [0.25, 0.3) is 0 Å². The van der Waals surface area contributed by atoms with E-state index in [0.29, 0.717) is 18.7 Å². The average Bonchev–Trinajstić information content (AvgIpc) is 2.52. The van der Waals surface area contributed by atoms with Crippen LogP contribution in [0.3, 0.4) is 0 Å². The molecule has 0 aliphatic rings. The van der Waals surface area contributed by atoms with Gasteiger partial charge in [-0.1, -0.05) is 30.3 Å². The number of rotatable bonds is 8. The highest BCUT2D eigenvalue weighted by atomic mass is 16.4. The predicted molar refractivity (Wildman–Crippen MR) is 82.1 cm³/mol. The maximum Gasteiger partial charge on any atom is 0.330 e. The molecule has 2 N–H and O–H groups in total. The van der Waals surface area contributed by atoms with E-state index in [1.165, 1.54) is 0 Å². The van der Waals surface area contributed by atoms with Crippen molar-refractivity contribution in [3.8, 4) is 0 Å². The molecule has 0 fully saturated rings. The van der Waals surface area contributed by atoms with Crippen LogP contribution in [-0.4, -0.2) is 40.9 Å². The molecule has 0 unspecified atom stereocenters. The SMILES string of the molecule is CCN(CC)C(=O)CCC(=O)N[C@H](C(=O)O)c1ccccc1. The first kappa shape index (κ1) is 17.7. The van der Waals surface area contributed by atoms with Crippen molar-refractivity contribution in [2.45, 2.75) is 32.7 Å². The second kappa shape index (κ2) is 8.81. The largest absolute Gasteiger partial charge is 0.479 e. The number of carboxylic acids is 1. The molecule has 0 aromatic heterocycles. The van der Waals surface area contributed by atoms with Crippen molar-refractivity contribution in [1.29, 1.82) is 0 Å². The maximum atomic E-state index is 11.9. The van der Waals surface area contributed by atoms with Gasteiger partial charge >= 0.3 is 5.97 Å². The molecule has 0 radical (unpaired) electrons. The van der Waals surface area contributed by atoms with Crippen LogP contribution in [0.5, 0.6) is 0 Å². The Morgan fingerprint density at radius 2 is 1.68 bits per heavy atom. The minimum Gasteiger partial charge on any atom is -0.479 e. The fraction of sp³-hybridized carbons (Fsp3) is 0.438. The van der Waals surface area contributed by atoms with Gasteiger partial charge in [-0.15, -0.1) is 0 Å². The number of nitrogens with one attached hydrogen (secondary N) is 1. The minimum atomic E-state index is -1.13. The van der Waals surface area contributed by atoms with Crippen molar-refractivity contribution < 1.29 is 19.5 Å². The highest BCUT2D eigenvalue weighted by Crippen LogP contribution is 2.13. The second-order valence-electron chi connectivity index (χ2n) is 4.82. The van der Waals surface area contributed by atoms with Gasteiger partial charge in [0.1, 0.15) is 0 Å². The summed E-state index contributed by atoms with van der Waals surface area (Å²) in [5.74, 6) is -1.68. The topological polar surface area (TPSA) is 86.7 Å². The zero-order valence-corrected chi connectivity index (χ0v) is 12.9. The van der Waals surface area contributed by atoms with Crippen LogP contribution >= 0.6 is 0 Å². The van der Waals surface area contributed by atoms with Crippen LogP contribution in [-0.2, 0) is 14.4 Å². The van der Waals surface area contributed by atoms with E-state index in [-0.39, 0.29) is 18.7 Å². The Balaban J connectivity index is 2.59. The Hall–Kier alpha value is -2.37. The van der Waals surface area contributed by atoms with Crippen molar-refractivity contribution >= 4 is 17.8 Å².